The lowest BCUT2D eigenvalue weighted by Crippen LogP contribution is -2.10. The number of ether oxygens (including phenoxy) is 3. The third kappa shape index (κ3) is 2.27. The molecule has 6 nitrogen and oxygen atoms in total. The molecule has 0 saturated carbocycles. The first-order chi connectivity index (χ1) is 12.3. The van der Waals surface area contributed by atoms with Gasteiger partial charge < -0.3 is 19.2 Å². The fourth-order valence-electron chi connectivity index (χ4n) is 2.96. The second-order valence-electron chi connectivity index (χ2n) is 5.69. The van der Waals surface area contributed by atoms with E-state index in [1.54, 1.807) is 30.5 Å². The highest BCUT2D eigenvalue weighted by atomic mass is 16.7. The minimum Gasteiger partial charge on any atom is -0.454 e. The molecule has 0 aliphatic carbocycles. The van der Waals surface area contributed by atoms with Crippen molar-refractivity contribution >= 4 is 27.8 Å². The number of rotatable bonds is 2. The van der Waals surface area contributed by atoms with Crippen molar-refractivity contribution < 1.29 is 19.0 Å². The monoisotopic (exact) mass is 332 g/mol. The number of fused-ring (bicyclic) bond motifs is 4. The van der Waals surface area contributed by atoms with Crippen molar-refractivity contribution in [1.82, 2.24) is 9.97 Å². The largest absolute Gasteiger partial charge is 0.454 e. The molecule has 1 aliphatic heterocycles. The van der Waals surface area contributed by atoms with Gasteiger partial charge in [0.1, 0.15) is 11.4 Å². The van der Waals surface area contributed by atoms with Crippen LogP contribution in [0.1, 0.15) is 10.5 Å². The molecule has 5 rings (SSSR count). The van der Waals surface area contributed by atoms with Gasteiger partial charge in [-0.2, -0.15) is 0 Å². The van der Waals surface area contributed by atoms with Crippen molar-refractivity contribution in [3.63, 3.8) is 0 Å². The molecule has 2 aromatic heterocycles. The van der Waals surface area contributed by atoms with Crippen LogP contribution in [-0.4, -0.2) is 22.7 Å². The molecule has 0 atom stereocenters. The number of aromatic amines is 1. The summed E-state index contributed by atoms with van der Waals surface area (Å²) in [6.07, 6.45) is 1.64. The minimum absolute atomic E-state index is 0.172. The van der Waals surface area contributed by atoms with Crippen molar-refractivity contribution in [1.29, 1.82) is 0 Å². The van der Waals surface area contributed by atoms with Gasteiger partial charge in [-0.15, -0.1) is 0 Å². The molecular formula is C19H12N2O4. The van der Waals surface area contributed by atoms with Gasteiger partial charge in [0.2, 0.25) is 6.79 Å². The number of para-hydroxylation sites is 1. The first kappa shape index (κ1) is 13.9. The van der Waals surface area contributed by atoms with Gasteiger partial charge >= 0.3 is 5.97 Å². The number of aromatic nitrogens is 2. The minimum atomic E-state index is -0.522. The van der Waals surface area contributed by atoms with E-state index in [2.05, 4.69) is 9.97 Å². The summed E-state index contributed by atoms with van der Waals surface area (Å²) in [5, 5.41) is 1.97. The Balaban J connectivity index is 1.49. The number of benzene rings is 2. The van der Waals surface area contributed by atoms with Gasteiger partial charge in [0.15, 0.2) is 11.5 Å². The quantitative estimate of drug-likeness (QED) is 0.448. The van der Waals surface area contributed by atoms with Crippen LogP contribution in [0.15, 0.2) is 54.7 Å². The Bertz CT molecular complexity index is 1130. The zero-order valence-electron chi connectivity index (χ0n) is 13.0. The first-order valence-corrected chi connectivity index (χ1v) is 7.76. The number of carbonyl (C=O) groups excluding carboxylic acids is 1. The van der Waals surface area contributed by atoms with Crippen LogP contribution >= 0.6 is 0 Å². The van der Waals surface area contributed by atoms with E-state index in [0.29, 0.717) is 17.2 Å². The number of hydrogen-bond donors (Lipinski definition) is 1. The summed E-state index contributed by atoms with van der Waals surface area (Å²) in [7, 11) is 0. The van der Waals surface area contributed by atoms with Gasteiger partial charge in [-0.1, -0.05) is 18.2 Å². The van der Waals surface area contributed by atoms with E-state index in [-0.39, 0.29) is 12.5 Å². The number of carbonyl (C=O) groups is 1. The van der Waals surface area contributed by atoms with E-state index in [9.17, 15) is 4.79 Å². The highest BCUT2D eigenvalue weighted by Crippen LogP contribution is 2.35. The van der Waals surface area contributed by atoms with Crippen molar-refractivity contribution in [2.24, 2.45) is 0 Å². The molecule has 0 radical (unpaired) electrons. The third-order valence-electron chi connectivity index (χ3n) is 4.15. The highest BCUT2D eigenvalue weighted by molar-refractivity contribution is 6.08. The van der Waals surface area contributed by atoms with E-state index < -0.39 is 5.97 Å². The zero-order valence-corrected chi connectivity index (χ0v) is 13.0. The molecule has 1 aliphatic rings. The average Bonchev–Trinajstić information content (AvgIpc) is 3.24. The van der Waals surface area contributed by atoms with Gasteiger partial charge in [0.05, 0.1) is 11.7 Å². The predicted molar refractivity (Wildman–Crippen MR) is 91.1 cm³/mol. The average molecular weight is 332 g/mol. The van der Waals surface area contributed by atoms with Crippen LogP contribution in [0.5, 0.6) is 17.2 Å². The molecular weight excluding hydrogens is 320 g/mol. The van der Waals surface area contributed by atoms with Crippen LogP contribution in [0.2, 0.25) is 0 Å². The van der Waals surface area contributed by atoms with Crippen LogP contribution in [0, 0.1) is 0 Å². The Morgan fingerprint density at radius 3 is 2.84 bits per heavy atom. The summed E-state index contributed by atoms with van der Waals surface area (Å²) < 4.78 is 15.9. The summed E-state index contributed by atoms with van der Waals surface area (Å²) in [5.41, 5.74) is 2.12. The van der Waals surface area contributed by atoms with E-state index in [1.165, 1.54) is 0 Å². The smallest absolute Gasteiger partial charge is 0.362 e. The fourth-order valence-corrected chi connectivity index (χ4v) is 2.96. The molecule has 2 aromatic carbocycles. The van der Waals surface area contributed by atoms with Gasteiger partial charge in [-0.05, 0) is 24.3 Å². The summed E-state index contributed by atoms with van der Waals surface area (Å²) in [4.78, 5) is 19.9. The Morgan fingerprint density at radius 1 is 1.00 bits per heavy atom. The molecule has 0 spiro atoms. The van der Waals surface area contributed by atoms with Crippen LogP contribution in [0.25, 0.3) is 21.8 Å². The van der Waals surface area contributed by atoms with Crippen molar-refractivity contribution in [2.75, 3.05) is 6.79 Å². The molecule has 0 amide bonds. The van der Waals surface area contributed by atoms with Gasteiger partial charge in [-0.3, -0.25) is 0 Å². The van der Waals surface area contributed by atoms with Gasteiger partial charge in [0.25, 0.3) is 0 Å². The Morgan fingerprint density at radius 2 is 1.88 bits per heavy atom. The molecule has 4 aromatic rings. The van der Waals surface area contributed by atoms with E-state index in [0.717, 1.165) is 21.8 Å². The summed E-state index contributed by atoms with van der Waals surface area (Å²) in [5.74, 6) is 1.06. The Labute approximate surface area is 142 Å². The van der Waals surface area contributed by atoms with E-state index in [4.69, 9.17) is 14.2 Å². The van der Waals surface area contributed by atoms with Crippen LogP contribution in [0.4, 0.5) is 0 Å². The third-order valence-corrected chi connectivity index (χ3v) is 4.15. The maximum atomic E-state index is 12.4. The standard InChI is InChI=1S/C19H12N2O4/c22-19(25-11-5-6-17-18(7-11)24-10-23-17)15-8-13-12-3-1-2-4-14(12)21-16(13)9-20-15/h1-9,21H,10H2. The maximum absolute atomic E-state index is 12.4. The Hall–Kier alpha value is -3.54. The number of pyridine rings is 1. The van der Waals surface area contributed by atoms with E-state index >= 15 is 0 Å². The summed E-state index contributed by atoms with van der Waals surface area (Å²) >= 11 is 0. The van der Waals surface area contributed by atoms with Crippen LogP contribution in [0.3, 0.4) is 0 Å². The van der Waals surface area contributed by atoms with Gasteiger partial charge in [0, 0.05) is 22.4 Å². The number of H-pyrrole nitrogens is 1. The van der Waals surface area contributed by atoms with Gasteiger partial charge in [-0.25, -0.2) is 9.78 Å². The molecule has 3 heterocycles. The van der Waals surface area contributed by atoms with Crippen LogP contribution in [-0.2, 0) is 0 Å². The molecule has 1 N–H and O–H groups in total. The molecule has 0 saturated heterocycles. The topological polar surface area (TPSA) is 73.4 Å². The highest BCUT2D eigenvalue weighted by Gasteiger charge is 2.17. The molecule has 0 fully saturated rings. The second kappa shape index (κ2) is 5.24. The van der Waals surface area contributed by atoms with Crippen molar-refractivity contribution in [3.05, 3.63) is 60.4 Å². The first-order valence-electron chi connectivity index (χ1n) is 7.76. The number of hydrogen-bond acceptors (Lipinski definition) is 5. The fraction of sp³-hybridized carbons (Fsp3) is 0.0526. The SMILES string of the molecule is O=C(Oc1ccc2c(c1)OCO2)c1cc2c(cn1)[nH]c1ccccc12. The zero-order chi connectivity index (χ0) is 16.8. The predicted octanol–water partition coefficient (Wildman–Crippen LogP) is 3.66. The molecule has 0 unspecified atom stereocenters. The molecule has 0 bridgehead atoms. The van der Waals surface area contributed by atoms with Crippen molar-refractivity contribution in [2.45, 2.75) is 0 Å². The molecule has 122 valence electrons. The van der Waals surface area contributed by atoms with Crippen LogP contribution < -0.4 is 14.2 Å². The lowest BCUT2D eigenvalue weighted by Gasteiger charge is -2.05. The number of nitrogens with zero attached hydrogens (tertiary/aromatic N) is 1. The van der Waals surface area contributed by atoms with Crippen molar-refractivity contribution in [3.8, 4) is 17.2 Å². The number of nitrogens with one attached hydrogen (secondary N) is 1. The number of esters is 1. The lowest BCUT2D eigenvalue weighted by molar-refractivity contribution is 0.0728. The molecule has 25 heavy (non-hydrogen) atoms. The summed E-state index contributed by atoms with van der Waals surface area (Å²) in [6.45, 7) is 0.172. The second-order valence-corrected chi connectivity index (χ2v) is 5.69. The Kier molecular flexibility index (Phi) is 2.90. The lowest BCUT2D eigenvalue weighted by atomic mass is 10.1. The van der Waals surface area contributed by atoms with E-state index in [1.807, 2.05) is 24.3 Å². The normalized spacial score (nSPS) is 12.6. The molecule has 6 heteroatoms. The maximum Gasteiger partial charge on any atom is 0.362 e. The summed E-state index contributed by atoms with van der Waals surface area (Å²) in [6, 6.07) is 14.6.